The highest BCUT2D eigenvalue weighted by Gasteiger charge is 2.05. The highest BCUT2D eigenvalue weighted by atomic mass is 15.5. The number of H-pyrrole nitrogens is 1. The number of aromatic amines is 1. The Bertz CT molecular complexity index is 384. The molecule has 1 atom stereocenters. The molecule has 0 saturated heterocycles. The largest absolute Gasteiger partial charge is 0.303 e. The summed E-state index contributed by atoms with van der Waals surface area (Å²) in [6.07, 6.45) is 3.56. The molecule has 2 N–H and O–H groups in total. The summed E-state index contributed by atoms with van der Waals surface area (Å²) in [4.78, 5) is 3.97. The van der Waals surface area contributed by atoms with Gasteiger partial charge in [0, 0.05) is 18.4 Å². The van der Waals surface area contributed by atoms with Crippen molar-refractivity contribution in [3.63, 3.8) is 0 Å². The molecule has 0 fully saturated rings. The molecule has 15 heavy (non-hydrogen) atoms. The average Bonchev–Trinajstić information content (AvgIpc) is 2.80. The van der Waals surface area contributed by atoms with Gasteiger partial charge in [-0.05, 0) is 24.6 Å². The fourth-order valence-electron chi connectivity index (χ4n) is 1.27. The molecule has 2 heterocycles. The van der Waals surface area contributed by atoms with Crippen LogP contribution < -0.4 is 5.32 Å². The third-order valence-corrected chi connectivity index (χ3v) is 2.16. The Kier molecular flexibility index (Phi) is 2.99. The number of hydrogen-bond acceptors (Lipinski definition) is 5. The topological polar surface area (TPSA) is 79.4 Å². The molecule has 0 aliphatic carbocycles. The second-order valence-corrected chi connectivity index (χ2v) is 3.21. The minimum Gasteiger partial charge on any atom is -0.303 e. The van der Waals surface area contributed by atoms with Crippen molar-refractivity contribution in [3.8, 4) is 0 Å². The van der Waals surface area contributed by atoms with Crippen molar-refractivity contribution in [3.05, 3.63) is 35.9 Å². The van der Waals surface area contributed by atoms with Crippen molar-refractivity contribution < 1.29 is 0 Å². The fourth-order valence-corrected chi connectivity index (χ4v) is 1.27. The zero-order valence-corrected chi connectivity index (χ0v) is 8.38. The highest BCUT2D eigenvalue weighted by molar-refractivity contribution is 5.13. The molecule has 2 aromatic rings. The average molecular weight is 204 g/mol. The number of tetrazole rings is 1. The van der Waals surface area contributed by atoms with Crippen LogP contribution in [0.25, 0.3) is 0 Å². The maximum atomic E-state index is 3.97. The molecule has 2 rings (SSSR count). The Morgan fingerprint density at radius 2 is 2.20 bits per heavy atom. The number of nitrogens with one attached hydrogen (secondary N) is 2. The quantitative estimate of drug-likeness (QED) is 0.755. The lowest BCUT2D eigenvalue weighted by Gasteiger charge is -2.11. The molecule has 1 unspecified atom stereocenters. The van der Waals surface area contributed by atoms with Crippen molar-refractivity contribution >= 4 is 0 Å². The minimum absolute atomic E-state index is 0.242. The van der Waals surface area contributed by atoms with Gasteiger partial charge in [-0.25, -0.2) is 0 Å². The molecule has 6 heteroatoms. The molecule has 0 bridgehead atoms. The monoisotopic (exact) mass is 204 g/mol. The summed E-state index contributed by atoms with van der Waals surface area (Å²) in [7, 11) is 0. The van der Waals surface area contributed by atoms with E-state index < -0.39 is 0 Å². The summed E-state index contributed by atoms with van der Waals surface area (Å²) in [5.41, 5.74) is 1.19. The van der Waals surface area contributed by atoms with Gasteiger partial charge in [-0.3, -0.25) is 4.98 Å². The van der Waals surface area contributed by atoms with Crippen LogP contribution in [0.2, 0.25) is 0 Å². The van der Waals surface area contributed by atoms with Crippen molar-refractivity contribution in [2.75, 3.05) is 0 Å². The summed E-state index contributed by atoms with van der Waals surface area (Å²) in [5, 5.41) is 16.9. The Morgan fingerprint density at radius 1 is 1.40 bits per heavy atom. The van der Waals surface area contributed by atoms with Gasteiger partial charge in [0.05, 0.1) is 6.54 Å². The SMILES string of the molecule is CC(NCc1nn[nH]n1)c1ccncc1. The number of pyridine rings is 1. The van der Waals surface area contributed by atoms with E-state index >= 15 is 0 Å². The van der Waals surface area contributed by atoms with Crippen LogP contribution in [0, 0.1) is 0 Å². The van der Waals surface area contributed by atoms with E-state index in [1.165, 1.54) is 5.56 Å². The summed E-state index contributed by atoms with van der Waals surface area (Å²) >= 11 is 0. The van der Waals surface area contributed by atoms with E-state index in [2.05, 4.69) is 37.8 Å². The van der Waals surface area contributed by atoms with Crippen LogP contribution in [0.15, 0.2) is 24.5 Å². The van der Waals surface area contributed by atoms with Gasteiger partial charge < -0.3 is 5.32 Å². The molecule has 6 nitrogen and oxygen atoms in total. The Morgan fingerprint density at radius 3 is 2.87 bits per heavy atom. The van der Waals surface area contributed by atoms with E-state index in [-0.39, 0.29) is 6.04 Å². The van der Waals surface area contributed by atoms with Crippen LogP contribution in [-0.4, -0.2) is 25.6 Å². The lowest BCUT2D eigenvalue weighted by atomic mass is 10.1. The van der Waals surface area contributed by atoms with Crippen LogP contribution in [-0.2, 0) is 6.54 Å². The van der Waals surface area contributed by atoms with Gasteiger partial charge in [-0.15, -0.1) is 10.2 Å². The predicted molar refractivity (Wildman–Crippen MR) is 53.7 cm³/mol. The number of rotatable bonds is 4. The van der Waals surface area contributed by atoms with Crippen LogP contribution in [0.4, 0.5) is 0 Å². The zero-order valence-electron chi connectivity index (χ0n) is 8.38. The van der Waals surface area contributed by atoms with E-state index in [4.69, 9.17) is 0 Å². The zero-order chi connectivity index (χ0) is 10.5. The van der Waals surface area contributed by atoms with Gasteiger partial charge in [0.25, 0.3) is 0 Å². The van der Waals surface area contributed by atoms with E-state index in [0.717, 1.165) is 0 Å². The molecule has 0 aliphatic rings. The Balaban J connectivity index is 1.90. The maximum absolute atomic E-state index is 3.97. The molecule has 0 saturated carbocycles. The first kappa shape index (κ1) is 9.72. The summed E-state index contributed by atoms with van der Waals surface area (Å²) in [6, 6.07) is 4.20. The van der Waals surface area contributed by atoms with Gasteiger partial charge in [0.15, 0.2) is 5.82 Å². The second-order valence-electron chi connectivity index (χ2n) is 3.21. The Labute approximate surface area is 87.1 Å². The fraction of sp³-hybridized carbons (Fsp3) is 0.333. The molecule has 0 aliphatic heterocycles. The first-order valence-electron chi connectivity index (χ1n) is 4.72. The summed E-state index contributed by atoms with van der Waals surface area (Å²) in [5.74, 6) is 0.663. The van der Waals surface area contributed by atoms with Gasteiger partial charge in [0.2, 0.25) is 0 Å². The van der Waals surface area contributed by atoms with E-state index in [1.54, 1.807) is 12.4 Å². The van der Waals surface area contributed by atoms with Crippen LogP contribution >= 0.6 is 0 Å². The van der Waals surface area contributed by atoms with Crippen LogP contribution in [0.1, 0.15) is 24.4 Å². The van der Waals surface area contributed by atoms with Gasteiger partial charge in [-0.1, -0.05) is 5.21 Å². The van der Waals surface area contributed by atoms with E-state index in [0.29, 0.717) is 12.4 Å². The molecule has 0 spiro atoms. The number of nitrogens with zero attached hydrogens (tertiary/aromatic N) is 4. The molecule has 0 radical (unpaired) electrons. The van der Waals surface area contributed by atoms with Gasteiger partial charge >= 0.3 is 0 Å². The molecule has 2 aromatic heterocycles. The maximum Gasteiger partial charge on any atom is 0.188 e. The van der Waals surface area contributed by atoms with Crippen molar-refractivity contribution in [1.29, 1.82) is 0 Å². The van der Waals surface area contributed by atoms with Crippen LogP contribution in [0.5, 0.6) is 0 Å². The number of aromatic nitrogens is 5. The Hall–Kier alpha value is -1.82. The molecule has 78 valence electrons. The van der Waals surface area contributed by atoms with E-state index in [1.807, 2.05) is 12.1 Å². The molecular weight excluding hydrogens is 192 g/mol. The van der Waals surface area contributed by atoms with E-state index in [9.17, 15) is 0 Å². The highest BCUT2D eigenvalue weighted by Crippen LogP contribution is 2.10. The third kappa shape index (κ3) is 2.57. The first-order valence-corrected chi connectivity index (χ1v) is 4.72. The van der Waals surface area contributed by atoms with Gasteiger partial charge in [-0.2, -0.15) is 5.21 Å². The number of hydrogen-bond donors (Lipinski definition) is 2. The minimum atomic E-state index is 0.242. The second kappa shape index (κ2) is 4.61. The van der Waals surface area contributed by atoms with Crippen molar-refractivity contribution in [2.24, 2.45) is 0 Å². The molecule has 0 aromatic carbocycles. The normalized spacial score (nSPS) is 12.6. The lowest BCUT2D eigenvalue weighted by molar-refractivity contribution is 0.559. The third-order valence-electron chi connectivity index (χ3n) is 2.16. The summed E-state index contributed by atoms with van der Waals surface area (Å²) < 4.78 is 0. The van der Waals surface area contributed by atoms with Gasteiger partial charge in [0.1, 0.15) is 0 Å². The predicted octanol–water partition coefficient (Wildman–Crippen LogP) is 0.445. The lowest BCUT2D eigenvalue weighted by Crippen LogP contribution is -2.18. The van der Waals surface area contributed by atoms with Crippen LogP contribution in [0.3, 0.4) is 0 Å². The standard InChI is InChI=1S/C9H12N6/c1-7(8-2-4-10-5-3-8)11-6-9-12-14-15-13-9/h2-5,7,11H,6H2,1H3,(H,12,13,14,15). The first-order chi connectivity index (χ1) is 7.36. The smallest absolute Gasteiger partial charge is 0.188 e. The van der Waals surface area contributed by atoms with Crippen molar-refractivity contribution in [1.82, 2.24) is 30.9 Å². The molecule has 0 amide bonds. The van der Waals surface area contributed by atoms with Crippen molar-refractivity contribution in [2.45, 2.75) is 19.5 Å². The molecular formula is C9H12N6. The summed E-state index contributed by atoms with van der Waals surface area (Å²) in [6.45, 7) is 2.68.